The highest BCUT2D eigenvalue weighted by molar-refractivity contribution is 7.40. The zero-order chi connectivity index (χ0) is 4.50. The van der Waals surface area contributed by atoms with Gasteiger partial charge < -0.3 is 41.2 Å². The van der Waals surface area contributed by atoms with Gasteiger partial charge in [0.15, 0.2) is 0 Å². The van der Waals surface area contributed by atoms with Crippen molar-refractivity contribution in [2.24, 2.45) is 0 Å². The monoisotopic (exact) mass is 167 g/mol. The number of hydrogen-bond donors (Lipinski definition) is 0. The zero-order valence-electron chi connectivity index (χ0n) is 4.08. The van der Waals surface area contributed by atoms with Gasteiger partial charge in [-0.1, -0.05) is 0 Å². The van der Waals surface area contributed by atoms with Gasteiger partial charge in [-0.05, 0) is 0 Å². The molecule has 0 aliphatic heterocycles. The van der Waals surface area contributed by atoms with E-state index in [0.29, 0.717) is 0 Å². The molecule has 64 valence electrons. The molecule has 8 N–H and O–H groups in total. The van der Waals surface area contributed by atoms with E-state index in [4.69, 9.17) is 19.2 Å². The third kappa shape index (κ3) is 113000. The minimum Gasteiger partial charge on any atom is -0.822 e. The summed E-state index contributed by atoms with van der Waals surface area (Å²) in [5.74, 6) is 0. The first-order valence-corrected chi connectivity index (χ1v) is 2.19. The van der Waals surface area contributed by atoms with Crippen LogP contribution in [0.2, 0.25) is 0 Å². The molecule has 0 amide bonds. The molecule has 0 aromatic carbocycles. The van der Waals surface area contributed by atoms with Crippen LogP contribution in [0.1, 0.15) is 0 Å². The van der Waals surface area contributed by atoms with Crippen LogP contribution in [0, 0.1) is 0 Å². The van der Waals surface area contributed by atoms with Crippen molar-refractivity contribution >= 4 is 7.82 Å². The van der Waals surface area contributed by atoms with E-state index in [9.17, 15) is 0 Å². The Morgan fingerprint density at radius 3 is 0.778 bits per heavy atom. The molecule has 0 saturated carbocycles. The maximum Gasteiger partial charge on any atom is -0.159 e. The lowest BCUT2D eigenvalue weighted by atomic mass is 15.8. The van der Waals surface area contributed by atoms with Crippen LogP contribution < -0.4 is 14.7 Å². The van der Waals surface area contributed by atoms with Crippen molar-refractivity contribution in [1.82, 2.24) is 0 Å². The average Bonchev–Trinajstić information content (AvgIpc) is 0.722. The van der Waals surface area contributed by atoms with Gasteiger partial charge in [0.1, 0.15) is 0 Å². The summed E-state index contributed by atoms with van der Waals surface area (Å²) < 4.78 is 8.55. The lowest BCUT2D eigenvalue weighted by Crippen LogP contribution is -2.24. The van der Waals surface area contributed by atoms with Crippen molar-refractivity contribution in [3.8, 4) is 0 Å². The van der Waals surface area contributed by atoms with E-state index < -0.39 is 7.82 Å². The quantitative estimate of drug-likeness (QED) is 0.321. The fraction of sp³-hybridized carbons (Fsp3) is 0. The Balaban J connectivity index is -0.0000000133. The summed E-state index contributed by atoms with van der Waals surface area (Å²) in [4.78, 5) is 25.6. The van der Waals surface area contributed by atoms with Crippen LogP contribution in [0.4, 0.5) is 0 Å². The van der Waals surface area contributed by atoms with E-state index in [1.54, 1.807) is 0 Å². The van der Waals surface area contributed by atoms with E-state index in [1.807, 2.05) is 0 Å². The lowest BCUT2D eigenvalue weighted by molar-refractivity contribution is -0.432. The van der Waals surface area contributed by atoms with Crippen molar-refractivity contribution in [2.45, 2.75) is 0 Å². The second-order valence-corrected chi connectivity index (χ2v) is 1.34. The zero-order valence-corrected chi connectivity index (χ0v) is 4.97. The summed E-state index contributed by atoms with van der Waals surface area (Å²) in [6.07, 6.45) is 0. The van der Waals surface area contributed by atoms with Gasteiger partial charge >= 0.3 is 0 Å². The van der Waals surface area contributed by atoms with Gasteiger partial charge in [-0.15, -0.1) is 0 Å². The number of rotatable bonds is 0. The van der Waals surface area contributed by atoms with Crippen LogP contribution in [0.5, 0.6) is 0 Å². The van der Waals surface area contributed by atoms with Crippen LogP contribution in [-0.2, 0) is 4.57 Å². The van der Waals surface area contributed by atoms with Gasteiger partial charge in [0.05, 0.1) is 0 Å². The molecule has 0 spiro atoms. The standard InChI is InChI=1S/H3O4P.4H2O/c1-5(2,3)4;;;;/h(H3,1,2,3,4);4*1H2/p-3. The highest BCUT2D eigenvalue weighted by Crippen LogP contribution is 2.03. The fourth-order valence-corrected chi connectivity index (χ4v) is 0. The Morgan fingerprint density at radius 2 is 0.778 bits per heavy atom. The van der Waals surface area contributed by atoms with Crippen molar-refractivity contribution in [2.75, 3.05) is 0 Å². The molecule has 0 aliphatic carbocycles. The summed E-state index contributed by atoms with van der Waals surface area (Å²) >= 11 is 0. The Hall–Kier alpha value is -0.0500. The molecular formula is H8O8P-3. The van der Waals surface area contributed by atoms with Crippen LogP contribution in [0.15, 0.2) is 0 Å². The van der Waals surface area contributed by atoms with Crippen LogP contribution in [0.25, 0.3) is 0 Å². The van der Waals surface area contributed by atoms with Crippen molar-refractivity contribution in [1.29, 1.82) is 0 Å². The summed E-state index contributed by atoms with van der Waals surface area (Å²) in [5, 5.41) is 0. The van der Waals surface area contributed by atoms with E-state index in [2.05, 4.69) is 0 Å². The van der Waals surface area contributed by atoms with Gasteiger partial charge in [-0.2, -0.15) is 7.82 Å². The van der Waals surface area contributed by atoms with E-state index >= 15 is 0 Å². The van der Waals surface area contributed by atoms with Gasteiger partial charge in [0.25, 0.3) is 0 Å². The molecular weight excluding hydrogens is 159 g/mol. The predicted molar refractivity (Wildman–Crippen MR) is 22.1 cm³/mol. The lowest BCUT2D eigenvalue weighted by Gasteiger charge is -2.36. The SMILES string of the molecule is O.O.O.O.O=P([O-])([O-])[O-]. The molecule has 0 bridgehead atoms. The average molecular weight is 167 g/mol. The largest absolute Gasteiger partial charge is 0.822 e. The first kappa shape index (κ1) is 36.3. The second kappa shape index (κ2) is 10.8. The molecule has 0 aromatic heterocycles. The molecule has 0 rings (SSSR count). The van der Waals surface area contributed by atoms with Crippen LogP contribution in [-0.4, -0.2) is 21.9 Å². The summed E-state index contributed by atoms with van der Waals surface area (Å²) in [6, 6.07) is 0. The molecule has 0 unspecified atom stereocenters. The topological polar surface area (TPSA) is 212 Å². The summed E-state index contributed by atoms with van der Waals surface area (Å²) in [7, 11) is -5.39. The van der Waals surface area contributed by atoms with Gasteiger partial charge in [-0.25, -0.2) is 0 Å². The highest BCUT2D eigenvalue weighted by Gasteiger charge is 1.44. The van der Waals surface area contributed by atoms with Gasteiger partial charge in [0, 0.05) is 0 Å². The molecule has 0 aliphatic rings. The normalized spacial score (nSPS) is 6.56. The molecule has 8 nitrogen and oxygen atoms in total. The molecule has 0 atom stereocenters. The van der Waals surface area contributed by atoms with Gasteiger partial charge in [0.2, 0.25) is 0 Å². The van der Waals surface area contributed by atoms with Crippen molar-refractivity contribution < 1.29 is 41.2 Å². The van der Waals surface area contributed by atoms with Crippen LogP contribution in [0.3, 0.4) is 0 Å². The minimum atomic E-state index is -5.39. The molecule has 0 radical (unpaired) electrons. The molecule has 0 saturated heterocycles. The Kier molecular flexibility index (Phi) is 43.7. The Labute approximate surface area is 50.2 Å². The Bertz CT molecular complexity index is 50.7. The van der Waals surface area contributed by atoms with E-state index in [-0.39, 0.29) is 21.9 Å². The van der Waals surface area contributed by atoms with Crippen molar-refractivity contribution in [3.05, 3.63) is 0 Å². The second-order valence-electron chi connectivity index (χ2n) is 0.447. The summed E-state index contributed by atoms with van der Waals surface area (Å²) in [6.45, 7) is 0. The summed E-state index contributed by atoms with van der Waals surface area (Å²) in [5.41, 5.74) is 0. The molecule has 0 fully saturated rings. The first-order chi connectivity index (χ1) is 2.00. The van der Waals surface area contributed by atoms with E-state index in [1.165, 1.54) is 0 Å². The number of phosphoric acid groups is 1. The minimum absolute atomic E-state index is 0. The smallest absolute Gasteiger partial charge is 0.159 e. The first-order valence-electron chi connectivity index (χ1n) is 0.730. The number of hydrogen-bond acceptors (Lipinski definition) is 4. The highest BCUT2D eigenvalue weighted by atomic mass is 31.2. The third-order valence-corrected chi connectivity index (χ3v) is 0. The molecule has 9 heavy (non-hydrogen) atoms. The fourth-order valence-electron chi connectivity index (χ4n) is 0. The Morgan fingerprint density at radius 1 is 0.778 bits per heavy atom. The van der Waals surface area contributed by atoms with Crippen LogP contribution >= 0.6 is 7.82 Å². The molecule has 0 heterocycles. The molecule has 0 aromatic rings. The predicted octanol–water partition coefficient (Wildman–Crippen LogP) is -6.12. The van der Waals surface area contributed by atoms with E-state index in [0.717, 1.165) is 0 Å². The molecule has 9 heteroatoms. The van der Waals surface area contributed by atoms with Crippen molar-refractivity contribution in [3.63, 3.8) is 0 Å². The van der Waals surface area contributed by atoms with Gasteiger partial charge in [-0.3, -0.25) is 0 Å². The maximum atomic E-state index is 8.55. The third-order valence-electron chi connectivity index (χ3n) is 0. The maximum absolute atomic E-state index is 8.55.